The van der Waals surface area contributed by atoms with Crippen LogP contribution in [0.2, 0.25) is 0 Å². The molecule has 2 rings (SSSR count). The third kappa shape index (κ3) is 7.74. The molecule has 0 saturated carbocycles. The monoisotopic (exact) mass is 482 g/mol. The van der Waals surface area contributed by atoms with Crippen LogP contribution in [-0.4, -0.2) is 23.6 Å². The number of aryl methyl sites for hydroxylation is 2. The van der Waals surface area contributed by atoms with E-state index in [9.17, 15) is 4.79 Å². The van der Waals surface area contributed by atoms with Crippen molar-refractivity contribution in [2.45, 2.75) is 46.7 Å². The normalized spacial score (nSPS) is 11.0. The predicted octanol–water partition coefficient (Wildman–Crippen LogP) is 3.62. The van der Waals surface area contributed by atoms with E-state index in [-0.39, 0.29) is 29.5 Å². The molecule has 27 heavy (non-hydrogen) atoms. The van der Waals surface area contributed by atoms with Crippen LogP contribution in [0.15, 0.2) is 52.3 Å². The van der Waals surface area contributed by atoms with Gasteiger partial charge in [0.05, 0.1) is 6.54 Å². The number of halogens is 1. The Morgan fingerprint density at radius 1 is 1.04 bits per heavy atom. The molecule has 0 unspecified atom stereocenters. The minimum absolute atomic E-state index is 0. The summed E-state index contributed by atoms with van der Waals surface area (Å²) in [6.45, 7) is 9.23. The zero-order valence-electron chi connectivity index (χ0n) is 16.5. The molecular weight excluding hydrogens is 451 g/mol. The van der Waals surface area contributed by atoms with Gasteiger partial charge in [0.2, 0.25) is 0 Å². The lowest BCUT2D eigenvalue weighted by Gasteiger charge is -2.13. The molecule has 1 aromatic carbocycles. The Morgan fingerprint density at radius 2 is 1.81 bits per heavy atom. The molecule has 0 aliphatic rings. The second kappa shape index (κ2) is 12.5. The first kappa shape index (κ1) is 23.2. The molecule has 0 atom stereocenters. The zero-order chi connectivity index (χ0) is 18.8. The van der Waals surface area contributed by atoms with Crippen molar-refractivity contribution >= 4 is 29.9 Å². The van der Waals surface area contributed by atoms with Gasteiger partial charge in [-0.25, -0.2) is 4.99 Å². The van der Waals surface area contributed by atoms with Gasteiger partial charge in [-0.05, 0) is 50.8 Å². The van der Waals surface area contributed by atoms with E-state index in [0.717, 1.165) is 44.1 Å². The molecular formula is C21H31IN4O. The molecule has 2 N–H and O–H groups in total. The smallest absolute Gasteiger partial charge is 0.250 e. The Hall–Kier alpha value is -1.83. The number of guanidine groups is 1. The molecule has 6 heteroatoms. The van der Waals surface area contributed by atoms with Crippen LogP contribution in [0.5, 0.6) is 0 Å². The molecule has 5 nitrogen and oxygen atoms in total. The van der Waals surface area contributed by atoms with E-state index in [1.807, 2.05) is 35.8 Å². The van der Waals surface area contributed by atoms with E-state index >= 15 is 0 Å². The second-order valence-corrected chi connectivity index (χ2v) is 6.41. The third-order valence-electron chi connectivity index (χ3n) is 4.38. The van der Waals surface area contributed by atoms with Gasteiger partial charge in [-0.2, -0.15) is 0 Å². The van der Waals surface area contributed by atoms with Crippen LogP contribution >= 0.6 is 24.0 Å². The highest BCUT2D eigenvalue weighted by Gasteiger charge is 2.01. The average molecular weight is 482 g/mol. The topological polar surface area (TPSA) is 58.4 Å². The van der Waals surface area contributed by atoms with Crippen molar-refractivity contribution in [3.63, 3.8) is 0 Å². The van der Waals surface area contributed by atoms with Crippen LogP contribution in [0.4, 0.5) is 0 Å². The summed E-state index contributed by atoms with van der Waals surface area (Å²) >= 11 is 0. The number of nitrogens with one attached hydrogen (secondary N) is 2. The summed E-state index contributed by atoms with van der Waals surface area (Å²) in [7, 11) is 0. The lowest BCUT2D eigenvalue weighted by atomic mass is 10.1. The van der Waals surface area contributed by atoms with Gasteiger partial charge in [0.15, 0.2) is 5.96 Å². The van der Waals surface area contributed by atoms with Gasteiger partial charge in [0.1, 0.15) is 0 Å². The molecule has 1 aromatic heterocycles. The van der Waals surface area contributed by atoms with Gasteiger partial charge in [0, 0.05) is 31.4 Å². The highest BCUT2D eigenvalue weighted by molar-refractivity contribution is 14.0. The van der Waals surface area contributed by atoms with Gasteiger partial charge in [-0.15, -0.1) is 24.0 Å². The predicted molar refractivity (Wildman–Crippen MR) is 124 cm³/mol. The maximum atomic E-state index is 11.9. The van der Waals surface area contributed by atoms with Gasteiger partial charge in [-0.1, -0.05) is 30.3 Å². The van der Waals surface area contributed by atoms with E-state index in [1.54, 1.807) is 6.07 Å². The average Bonchev–Trinajstić information content (AvgIpc) is 2.62. The van der Waals surface area contributed by atoms with Crippen molar-refractivity contribution in [1.29, 1.82) is 0 Å². The molecule has 0 aliphatic heterocycles. The van der Waals surface area contributed by atoms with Crippen LogP contribution in [0.3, 0.4) is 0 Å². The number of nitrogens with zero attached hydrogens (tertiary/aromatic N) is 2. The van der Waals surface area contributed by atoms with Gasteiger partial charge in [-0.3, -0.25) is 4.79 Å². The summed E-state index contributed by atoms with van der Waals surface area (Å²) in [4.78, 5) is 16.5. The summed E-state index contributed by atoms with van der Waals surface area (Å²) in [6.07, 6.45) is 1.94. The molecule has 0 spiro atoms. The number of hydrogen-bond donors (Lipinski definition) is 2. The van der Waals surface area contributed by atoms with Crippen molar-refractivity contribution in [2.24, 2.45) is 4.99 Å². The first-order valence-electron chi connectivity index (χ1n) is 9.35. The molecule has 2 aromatic rings. The minimum Gasteiger partial charge on any atom is -0.357 e. The minimum atomic E-state index is 0. The number of benzene rings is 1. The van der Waals surface area contributed by atoms with Crippen molar-refractivity contribution in [1.82, 2.24) is 15.2 Å². The summed E-state index contributed by atoms with van der Waals surface area (Å²) < 4.78 is 1.83. The Bertz CT molecular complexity index is 786. The lowest BCUT2D eigenvalue weighted by molar-refractivity contribution is 0.575. The number of rotatable bonds is 8. The first-order valence-corrected chi connectivity index (χ1v) is 9.35. The van der Waals surface area contributed by atoms with E-state index in [2.05, 4.69) is 41.6 Å². The van der Waals surface area contributed by atoms with Crippen molar-refractivity contribution in [3.8, 4) is 0 Å². The van der Waals surface area contributed by atoms with Crippen LogP contribution in [0.1, 0.15) is 36.6 Å². The number of hydrogen-bond acceptors (Lipinski definition) is 2. The standard InChI is InChI=1S/C21H30N4O.HI/c1-4-22-21(24-16-19-12-6-5-10-17(19)2)23-14-7-8-15-25-18(3)11-9-13-20(25)26;/h5-6,9-13H,4,7-8,14-16H2,1-3H3,(H2,22,23,24);1H. The highest BCUT2D eigenvalue weighted by Crippen LogP contribution is 2.07. The van der Waals surface area contributed by atoms with Crippen molar-refractivity contribution in [3.05, 3.63) is 69.6 Å². The number of aromatic nitrogens is 1. The van der Waals surface area contributed by atoms with Crippen LogP contribution in [0, 0.1) is 13.8 Å². The Labute approximate surface area is 179 Å². The van der Waals surface area contributed by atoms with E-state index in [0.29, 0.717) is 6.54 Å². The second-order valence-electron chi connectivity index (χ2n) is 6.41. The molecule has 0 aliphatic carbocycles. The SMILES string of the molecule is CCNC(=NCc1ccccc1C)NCCCCn1c(C)cccc1=O.I. The molecule has 148 valence electrons. The fourth-order valence-electron chi connectivity index (χ4n) is 2.81. The lowest BCUT2D eigenvalue weighted by Crippen LogP contribution is -2.37. The molecule has 0 amide bonds. The quantitative estimate of drug-likeness (QED) is 0.262. The van der Waals surface area contributed by atoms with E-state index in [1.165, 1.54) is 11.1 Å². The van der Waals surface area contributed by atoms with Gasteiger partial charge in [0.25, 0.3) is 5.56 Å². The maximum Gasteiger partial charge on any atom is 0.250 e. The number of aliphatic imine (C=N–C) groups is 1. The van der Waals surface area contributed by atoms with E-state index in [4.69, 9.17) is 0 Å². The largest absolute Gasteiger partial charge is 0.357 e. The summed E-state index contributed by atoms with van der Waals surface area (Å²) in [5.41, 5.74) is 3.59. The van der Waals surface area contributed by atoms with Crippen LogP contribution < -0.4 is 16.2 Å². The van der Waals surface area contributed by atoms with Crippen LogP contribution in [-0.2, 0) is 13.1 Å². The summed E-state index contributed by atoms with van der Waals surface area (Å²) in [6, 6.07) is 13.7. The highest BCUT2D eigenvalue weighted by atomic mass is 127. The Balaban J connectivity index is 0.00000364. The molecule has 0 saturated heterocycles. The fourth-order valence-corrected chi connectivity index (χ4v) is 2.81. The molecule has 0 fully saturated rings. The third-order valence-corrected chi connectivity index (χ3v) is 4.38. The number of unbranched alkanes of at least 4 members (excludes halogenated alkanes) is 1. The number of pyridine rings is 1. The Morgan fingerprint density at radius 3 is 2.52 bits per heavy atom. The van der Waals surface area contributed by atoms with Crippen molar-refractivity contribution < 1.29 is 0 Å². The van der Waals surface area contributed by atoms with E-state index < -0.39 is 0 Å². The van der Waals surface area contributed by atoms with Gasteiger partial charge < -0.3 is 15.2 Å². The Kier molecular flexibility index (Phi) is 10.8. The fraction of sp³-hybridized carbons (Fsp3) is 0.429. The maximum absolute atomic E-state index is 11.9. The van der Waals surface area contributed by atoms with Crippen molar-refractivity contribution in [2.75, 3.05) is 13.1 Å². The first-order chi connectivity index (χ1) is 12.6. The zero-order valence-corrected chi connectivity index (χ0v) is 18.8. The summed E-state index contributed by atoms with van der Waals surface area (Å²) in [5.74, 6) is 0.837. The summed E-state index contributed by atoms with van der Waals surface area (Å²) in [5, 5.41) is 6.66. The molecule has 0 radical (unpaired) electrons. The molecule has 1 heterocycles. The van der Waals surface area contributed by atoms with Crippen LogP contribution in [0.25, 0.3) is 0 Å². The van der Waals surface area contributed by atoms with Gasteiger partial charge >= 0.3 is 0 Å². The molecule has 0 bridgehead atoms.